The van der Waals surface area contributed by atoms with Crippen LogP contribution in [0, 0.1) is 5.92 Å². The van der Waals surface area contributed by atoms with Gasteiger partial charge >= 0.3 is 0 Å². The smallest absolute Gasteiger partial charge is 0.195 e. The number of nitrogens with zero attached hydrogens (tertiary/aromatic N) is 2. The molecule has 2 heterocycles. The molecule has 2 aliphatic heterocycles. The van der Waals surface area contributed by atoms with Crippen molar-refractivity contribution in [2.45, 2.75) is 31.5 Å². The minimum atomic E-state index is -0.471. The van der Waals surface area contributed by atoms with Crippen molar-refractivity contribution < 1.29 is 9.47 Å². The Bertz CT molecular complexity index is 795. The monoisotopic (exact) mass is 392 g/mol. The van der Waals surface area contributed by atoms with Crippen LogP contribution in [0.2, 0.25) is 0 Å². The molecular weight excluding hydrogens is 360 g/mol. The number of rotatable bonds is 5. The maximum Gasteiger partial charge on any atom is 0.195 e. The van der Waals surface area contributed by atoms with Crippen LogP contribution >= 0.6 is 0 Å². The number of anilines is 1. The summed E-state index contributed by atoms with van der Waals surface area (Å²) >= 11 is 0. The van der Waals surface area contributed by atoms with Gasteiger partial charge in [-0.3, -0.25) is 4.90 Å². The van der Waals surface area contributed by atoms with Crippen LogP contribution in [0.3, 0.4) is 0 Å². The molecule has 2 aromatic rings. The van der Waals surface area contributed by atoms with E-state index in [0.29, 0.717) is 19.1 Å². The van der Waals surface area contributed by atoms with Crippen LogP contribution in [0.15, 0.2) is 54.6 Å². The van der Waals surface area contributed by atoms with Crippen LogP contribution in [0.25, 0.3) is 0 Å². The lowest BCUT2D eigenvalue weighted by Gasteiger charge is -2.39. The summed E-state index contributed by atoms with van der Waals surface area (Å²) in [7, 11) is 0. The Morgan fingerprint density at radius 2 is 1.59 bits per heavy atom. The van der Waals surface area contributed by atoms with Crippen LogP contribution in [-0.2, 0) is 21.7 Å². The van der Waals surface area contributed by atoms with Gasteiger partial charge in [0, 0.05) is 43.9 Å². The highest BCUT2D eigenvalue weighted by molar-refractivity contribution is 5.46. The molecule has 29 heavy (non-hydrogen) atoms. The van der Waals surface area contributed by atoms with Crippen LogP contribution in [0.1, 0.15) is 30.4 Å². The summed E-state index contributed by atoms with van der Waals surface area (Å²) in [5.41, 5.74) is 4.04. The van der Waals surface area contributed by atoms with E-state index >= 15 is 0 Å². The van der Waals surface area contributed by atoms with E-state index in [2.05, 4.69) is 64.4 Å². The van der Waals surface area contributed by atoms with Gasteiger partial charge in [0.05, 0.1) is 13.2 Å². The zero-order valence-electron chi connectivity index (χ0n) is 17.3. The van der Waals surface area contributed by atoms with Crippen molar-refractivity contribution in [3.8, 4) is 0 Å². The van der Waals surface area contributed by atoms with Crippen LogP contribution < -0.4 is 4.90 Å². The Hall–Kier alpha value is -1.88. The molecule has 0 bridgehead atoms. The molecule has 3 aliphatic rings. The first kappa shape index (κ1) is 19.1. The minimum absolute atomic E-state index is 0.471. The molecule has 0 amide bonds. The number of fused-ring (bicyclic) bond motifs is 2. The molecule has 2 aromatic carbocycles. The Kier molecular flexibility index (Phi) is 5.58. The summed E-state index contributed by atoms with van der Waals surface area (Å²) in [5.74, 6) is 0.175. The summed E-state index contributed by atoms with van der Waals surface area (Å²) in [4.78, 5) is 5.14. The van der Waals surface area contributed by atoms with E-state index in [1.54, 1.807) is 0 Å². The van der Waals surface area contributed by atoms with E-state index in [1.165, 1.54) is 49.3 Å². The Labute approximate surface area is 174 Å². The second-order valence-electron chi connectivity index (χ2n) is 8.69. The predicted octanol–water partition coefficient (Wildman–Crippen LogP) is 4.05. The Balaban J connectivity index is 1.12. The molecule has 5 rings (SSSR count). The van der Waals surface area contributed by atoms with E-state index in [9.17, 15) is 0 Å². The fourth-order valence-electron chi connectivity index (χ4n) is 5.35. The van der Waals surface area contributed by atoms with Crippen molar-refractivity contribution in [2.75, 3.05) is 50.8 Å². The maximum atomic E-state index is 6.15. The summed E-state index contributed by atoms with van der Waals surface area (Å²) in [5, 5.41) is 0. The molecule has 4 heteroatoms. The summed E-state index contributed by atoms with van der Waals surface area (Å²) in [6, 6.07) is 19.5. The average molecular weight is 393 g/mol. The van der Waals surface area contributed by atoms with Gasteiger partial charge in [0.2, 0.25) is 0 Å². The molecule has 1 unspecified atom stereocenters. The second-order valence-corrected chi connectivity index (χ2v) is 8.69. The molecule has 4 nitrogen and oxygen atoms in total. The van der Waals surface area contributed by atoms with Crippen molar-refractivity contribution in [1.29, 1.82) is 0 Å². The van der Waals surface area contributed by atoms with E-state index < -0.39 is 5.79 Å². The number of benzene rings is 2. The van der Waals surface area contributed by atoms with E-state index in [0.717, 1.165) is 25.9 Å². The van der Waals surface area contributed by atoms with Gasteiger partial charge in [-0.05, 0) is 49.4 Å². The van der Waals surface area contributed by atoms with Gasteiger partial charge in [-0.1, -0.05) is 42.5 Å². The van der Waals surface area contributed by atoms with Gasteiger partial charge in [-0.2, -0.15) is 0 Å². The third-order valence-corrected chi connectivity index (χ3v) is 6.83. The van der Waals surface area contributed by atoms with Crippen molar-refractivity contribution in [1.82, 2.24) is 4.90 Å². The number of hydrogen-bond donors (Lipinski definition) is 0. The fraction of sp³-hybridized carbons (Fsp3) is 0.520. The Morgan fingerprint density at radius 3 is 2.38 bits per heavy atom. The first-order valence-corrected chi connectivity index (χ1v) is 11.2. The largest absolute Gasteiger partial charge is 0.369 e. The molecule has 0 N–H and O–H groups in total. The summed E-state index contributed by atoms with van der Waals surface area (Å²) in [6.45, 7) is 7.23. The lowest BCUT2D eigenvalue weighted by Crippen LogP contribution is -2.46. The third kappa shape index (κ3) is 4.07. The summed E-state index contributed by atoms with van der Waals surface area (Å²) < 4.78 is 12.3. The van der Waals surface area contributed by atoms with E-state index in [4.69, 9.17) is 9.47 Å². The first-order valence-electron chi connectivity index (χ1n) is 11.2. The third-order valence-electron chi connectivity index (χ3n) is 6.83. The maximum absolute atomic E-state index is 6.15. The van der Waals surface area contributed by atoms with Gasteiger partial charge in [0.25, 0.3) is 0 Å². The number of ether oxygens (including phenoxy) is 2. The minimum Gasteiger partial charge on any atom is -0.369 e. The lowest BCUT2D eigenvalue weighted by atomic mass is 9.78. The van der Waals surface area contributed by atoms with Gasteiger partial charge in [0.15, 0.2) is 5.79 Å². The molecule has 154 valence electrons. The highest BCUT2D eigenvalue weighted by Crippen LogP contribution is 2.45. The van der Waals surface area contributed by atoms with Gasteiger partial charge in [-0.15, -0.1) is 0 Å². The van der Waals surface area contributed by atoms with Gasteiger partial charge in [0.1, 0.15) is 0 Å². The SMILES string of the molecule is c1ccc(N2CCN(CCCC3Cc4ccccc4C4(C3)OCCO4)CC2)cc1. The molecule has 1 spiro atoms. The summed E-state index contributed by atoms with van der Waals surface area (Å²) in [6.07, 6.45) is 4.67. The van der Waals surface area contributed by atoms with Crippen molar-refractivity contribution in [2.24, 2.45) is 5.92 Å². The van der Waals surface area contributed by atoms with Crippen LogP contribution in [0.4, 0.5) is 5.69 Å². The lowest BCUT2D eigenvalue weighted by molar-refractivity contribution is -0.184. The zero-order chi connectivity index (χ0) is 19.5. The van der Waals surface area contributed by atoms with Gasteiger partial charge < -0.3 is 14.4 Å². The average Bonchev–Trinajstić information content (AvgIpc) is 3.24. The van der Waals surface area contributed by atoms with Crippen molar-refractivity contribution in [3.05, 3.63) is 65.7 Å². The fourth-order valence-corrected chi connectivity index (χ4v) is 5.35. The van der Waals surface area contributed by atoms with Crippen LogP contribution in [0.5, 0.6) is 0 Å². The molecule has 1 aliphatic carbocycles. The predicted molar refractivity (Wildman–Crippen MR) is 116 cm³/mol. The standard InChI is InChI=1S/C25H32N2O2/c1-2-9-23(10-3-1)27-15-13-26(14-16-27)12-6-7-21-19-22-8-4-5-11-24(22)25(20-21)28-17-18-29-25/h1-5,8-11,21H,6-7,12-20H2. The molecule has 2 fully saturated rings. The normalized spacial score (nSPS) is 24.0. The highest BCUT2D eigenvalue weighted by atomic mass is 16.7. The van der Waals surface area contributed by atoms with E-state index in [1.807, 2.05) is 0 Å². The van der Waals surface area contributed by atoms with Crippen molar-refractivity contribution >= 4 is 5.69 Å². The van der Waals surface area contributed by atoms with Gasteiger partial charge in [-0.25, -0.2) is 0 Å². The number of hydrogen-bond acceptors (Lipinski definition) is 4. The molecule has 0 radical (unpaired) electrons. The Morgan fingerprint density at radius 1 is 0.862 bits per heavy atom. The number of para-hydroxylation sites is 1. The first-order chi connectivity index (χ1) is 14.3. The molecule has 0 saturated carbocycles. The molecule has 0 aromatic heterocycles. The van der Waals surface area contributed by atoms with Crippen LogP contribution in [-0.4, -0.2) is 50.8 Å². The molecule has 1 atom stereocenters. The molecule has 2 saturated heterocycles. The number of piperazine rings is 1. The second kappa shape index (κ2) is 8.47. The van der Waals surface area contributed by atoms with E-state index in [-0.39, 0.29) is 0 Å². The molecular formula is C25H32N2O2. The quantitative estimate of drug-likeness (QED) is 0.766. The van der Waals surface area contributed by atoms with Crippen molar-refractivity contribution in [3.63, 3.8) is 0 Å². The highest BCUT2D eigenvalue weighted by Gasteiger charge is 2.44. The topological polar surface area (TPSA) is 24.9 Å². The zero-order valence-corrected chi connectivity index (χ0v) is 17.3.